The average molecular weight is 804 g/mol. The second-order valence-corrected chi connectivity index (χ2v) is 16.9. The van der Waals surface area contributed by atoms with Crippen LogP contribution in [0.25, 0.3) is 0 Å². The lowest BCUT2D eigenvalue weighted by molar-refractivity contribution is -0.141. The van der Waals surface area contributed by atoms with Crippen LogP contribution in [0.15, 0.2) is 54.6 Å². The highest BCUT2D eigenvalue weighted by molar-refractivity contribution is 6.09. The Balaban J connectivity index is 1.68. The lowest BCUT2D eigenvalue weighted by Gasteiger charge is -2.35. The van der Waals surface area contributed by atoms with Crippen LogP contribution in [0.1, 0.15) is 183 Å². The molecule has 0 aromatic heterocycles. The zero-order valence-corrected chi connectivity index (χ0v) is 36.2. The summed E-state index contributed by atoms with van der Waals surface area (Å²) in [4.78, 5) is 76.4. The van der Waals surface area contributed by atoms with Crippen LogP contribution in [-0.4, -0.2) is 60.0 Å². The number of carboxylic acid groups (broad SMARTS) is 1. The lowest BCUT2D eigenvalue weighted by Crippen LogP contribution is -2.46. The summed E-state index contributed by atoms with van der Waals surface area (Å²) in [6.45, 7) is 10.6. The molecule has 2 unspecified atom stereocenters. The number of carbonyl (C=O) groups excluding carboxylic acids is 5. The number of Topliss-reactive ketones (excluding diaryl/α,β-unsaturated/α-hetero) is 1. The summed E-state index contributed by atoms with van der Waals surface area (Å²) < 4.78 is 0. The van der Waals surface area contributed by atoms with E-state index >= 15 is 0 Å². The first-order valence-electron chi connectivity index (χ1n) is 22.0. The quantitative estimate of drug-likeness (QED) is 0.0424. The first-order chi connectivity index (χ1) is 27.7. The maximum absolute atomic E-state index is 13.4. The van der Waals surface area contributed by atoms with E-state index in [1.54, 1.807) is 36.4 Å². The van der Waals surface area contributed by atoms with E-state index in [1.165, 1.54) is 57.8 Å². The summed E-state index contributed by atoms with van der Waals surface area (Å²) >= 11 is 0. The van der Waals surface area contributed by atoms with Crippen molar-refractivity contribution in [1.29, 1.82) is 0 Å². The van der Waals surface area contributed by atoms with Crippen LogP contribution in [0.2, 0.25) is 0 Å². The minimum absolute atomic E-state index is 0.0723. The van der Waals surface area contributed by atoms with Gasteiger partial charge in [-0.15, -0.1) is 0 Å². The first-order valence-corrected chi connectivity index (χ1v) is 22.0. The highest BCUT2D eigenvalue weighted by Crippen LogP contribution is 2.37. The molecule has 0 radical (unpaired) electrons. The van der Waals surface area contributed by atoms with Crippen LogP contribution in [0.5, 0.6) is 0 Å². The van der Waals surface area contributed by atoms with Gasteiger partial charge in [-0.25, -0.2) is 0 Å². The van der Waals surface area contributed by atoms with Gasteiger partial charge in [0.25, 0.3) is 0 Å². The predicted molar refractivity (Wildman–Crippen MR) is 232 cm³/mol. The Morgan fingerprint density at radius 2 is 1.09 bits per heavy atom. The van der Waals surface area contributed by atoms with Crippen LogP contribution < -0.4 is 16.0 Å². The number of ketones is 2. The zero-order valence-electron chi connectivity index (χ0n) is 36.2. The highest BCUT2D eigenvalue weighted by Gasteiger charge is 2.40. The number of unbranched alkanes of at least 4 members (excludes halogenated alkanes) is 11. The lowest BCUT2D eigenvalue weighted by atomic mass is 9.71. The van der Waals surface area contributed by atoms with Gasteiger partial charge in [0.15, 0.2) is 11.6 Å². The molecule has 0 saturated heterocycles. The molecular formula is C48H73N3O7. The molecule has 10 nitrogen and oxygen atoms in total. The molecular weight excluding hydrogens is 731 g/mol. The first kappa shape index (κ1) is 49.8. The fraction of sp³-hybridized carbons (Fsp3) is 0.625. The van der Waals surface area contributed by atoms with Crippen molar-refractivity contribution in [3.05, 3.63) is 71.3 Å². The standard InChI is InChI=1S/C48H73N3O7/c1-6-8-9-10-11-12-13-14-15-16-17-19-26-40(35-42(53)54)44(56)49-33-23-34-51-46(58)48(5,7-2)36-47(3,4)45(57)50-32-22-27-41(52)37-28-30-39(31-29-37)43(55)38-24-20-18-21-25-38/h18,20-21,24-25,28-31,40H,6-17,19,22-23,26-27,32-36H2,1-5H3,(H,49,56)(H,50,57)(H,51,58)(H,53,54). The number of nitrogens with one attached hydrogen (secondary N) is 3. The Morgan fingerprint density at radius 1 is 0.586 bits per heavy atom. The number of carboxylic acids is 1. The van der Waals surface area contributed by atoms with Crippen molar-refractivity contribution in [3.8, 4) is 0 Å². The van der Waals surface area contributed by atoms with E-state index in [1.807, 2.05) is 45.9 Å². The Morgan fingerprint density at radius 3 is 1.66 bits per heavy atom. The molecule has 0 aliphatic heterocycles. The molecule has 0 spiro atoms. The Hall–Kier alpha value is -4.34. The van der Waals surface area contributed by atoms with E-state index in [0.717, 1.165) is 19.3 Å². The van der Waals surface area contributed by atoms with Crippen molar-refractivity contribution in [3.63, 3.8) is 0 Å². The number of hydrogen-bond acceptors (Lipinski definition) is 6. The second kappa shape index (κ2) is 27.4. The van der Waals surface area contributed by atoms with E-state index in [4.69, 9.17) is 0 Å². The third-order valence-electron chi connectivity index (χ3n) is 11.3. The van der Waals surface area contributed by atoms with Crippen LogP contribution >= 0.6 is 0 Å². The Labute approximate surface area is 348 Å². The minimum atomic E-state index is -0.978. The smallest absolute Gasteiger partial charge is 0.304 e. The van der Waals surface area contributed by atoms with Gasteiger partial charge in [0.05, 0.1) is 6.42 Å². The largest absolute Gasteiger partial charge is 0.481 e. The number of hydrogen-bond donors (Lipinski definition) is 4. The Bertz CT molecular complexity index is 1560. The summed E-state index contributed by atoms with van der Waals surface area (Å²) in [7, 11) is 0. The van der Waals surface area contributed by atoms with Gasteiger partial charge in [-0.3, -0.25) is 28.8 Å². The van der Waals surface area contributed by atoms with Gasteiger partial charge in [0.2, 0.25) is 17.7 Å². The molecule has 58 heavy (non-hydrogen) atoms. The minimum Gasteiger partial charge on any atom is -0.481 e. The normalized spacial score (nSPS) is 12.9. The third-order valence-corrected chi connectivity index (χ3v) is 11.3. The maximum atomic E-state index is 13.4. The van der Waals surface area contributed by atoms with Gasteiger partial charge >= 0.3 is 5.97 Å². The molecule has 10 heteroatoms. The van der Waals surface area contributed by atoms with Gasteiger partial charge in [-0.05, 0) is 32.1 Å². The summed E-state index contributed by atoms with van der Waals surface area (Å²) in [6, 6.07) is 15.6. The monoisotopic (exact) mass is 804 g/mol. The number of aliphatic carboxylic acids is 1. The van der Waals surface area contributed by atoms with Crippen molar-refractivity contribution in [2.75, 3.05) is 19.6 Å². The molecule has 2 rings (SSSR count). The SMILES string of the molecule is CCCCCCCCCCCCCCC(CC(=O)O)C(=O)NCCCNC(=O)C(C)(CC)CC(C)(C)C(=O)NCCCC(=O)c1ccc(C(=O)c2ccccc2)cc1. The molecule has 2 aromatic carbocycles. The number of carbonyl (C=O) groups is 6. The highest BCUT2D eigenvalue weighted by atomic mass is 16.4. The van der Waals surface area contributed by atoms with Crippen LogP contribution in [0, 0.1) is 16.7 Å². The van der Waals surface area contributed by atoms with Crippen molar-refractivity contribution in [2.24, 2.45) is 16.7 Å². The van der Waals surface area contributed by atoms with E-state index in [-0.39, 0.29) is 42.1 Å². The maximum Gasteiger partial charge on any atom is 0.304 e. The van der Waals surface area contributed by atoms with Crippen LogP contribution in [-0.2, 0) is 19.2 Å². The molecule has 322 valence electrons. The molecule has 3 amide bonds. The molecule has 0 saturated carbocycles. The molecule has 0 fully saturated rings. The van der Waals surface area contributed by atoms with Crippen molar-refractivity contribution in [2.45, 2.75) is 157 Å². The van der Waals surface area contributed by atoms with Gasteiger partial charge in [0, 0.05) is 59.5 Å². The van der Waals surface area contributed by atoms with Gasteiger partial charge in [-0.2, -0.15) is 0 Å². The predicted octanol–water partition coefficient (Wildman–Crippen LogP) is 9.63. The van der Waals surface area contributed by atoms with Crippen LogP contribution in [0.3, 0.4) is 0 Å². The zero-order chi connectivity index (χ0) is 42.8. The summed E-state index contributed by atoms with van der Waals surface area (Å²) in [6.07, 6.45) is 16.9. The van der Waals surface area contributed by atoms with E-state index in [2.05, 4.69) is 22.9 Å². The number of amides is 3. The summed E-state index contributed by atoms with van der Waals surface area (Å²) in [5, 5.41) is 18.2. The fourth-order valence-electron chi connectivity index (χ4n) is 7.45. The fourth-order valence-corrected chi connectivity index (χ4v) is 7.45. The molecule has 4 N–H and O–H groups in total. The van der Waals surface area contributed by atoms with Crippen LogP contribution in [0.4, 0.5) is 0 Å². The second-order valence-electron chi connectivity index (χ2n) is 16.9. The van der Waals surface area contributed by atoms with Gasteiger partial charge < -0.3 is 21.1 Å². The summed E-state index contributed by atoms with van der Waals surface area (Å²) in [5.74, 6) is -2.34. The number of benzene rings is 2. The number of rotatable bonds is 32. The summed E-state index contributed by atoms with van der Waals surface area (Å²) in [5.41, 5.74) is -0.0573. The van der Waals surface area contributed by atoms with E-state index < -0.39 is 22.7 Å². The molecule has 0 aliphatic rings. The van der Waals surface area contributed by atoms with E-state index in [9.17, 15) is 33.9 Å². The van der Waals surface area contributed by atoms with Gasteiger partial charge in [-0.1, -0.05) is 166 Å². The molecule has 0 aliphatic carbocycles. The average Bonchev–Trinajstić information content (AvgIpc) is 3.21. The van der Waals surface area contributed by atoms with E-state index in [0.29, 0.717) is 68.4 Å². The van der Waals surface area contributed by atoms with Gasteiger partial charge in [0.1, 0.15) is 0 Å². The van der Waals surface area contributed by atoms with Crippen molar-refractivity contribution in [1.82, 2.24) is 16.0 Å². The molecule has 0 bridgehead atoms. The van der Waals surface area contributed by atoms with Crippen molar-refractivity contribution >= 4 is 35.3 Å². The molecule has 2 atom stereocenters. The van der Waals surface area contributed by atoms with Crippen molar-refractivity contribution < 1.29 is 33.9 Å². The topological polar surface area (TPSA) is 159 Å². The Kier molecular flexibility index (Phi) is 23.5. The third kappa shape index (κ3) is 18.9. The molecule has 0 heterocycles. The molecule has 2 aromatic rings.